The van der Waals surface area contributed by atoms with Gasteiger partial charge in [0.25, 0.3) is 5.91 Å². The highest BCUT2D eigenvalue weighted by Crippen LogP contribution is 2.13. The van der Waals surface area contributed by atoms with E-state index in [-0.39, 0.29) is 18.0 Å². The summed E-state index contributed by atoms with van der Waals surface area (Å²) in [6.07, 6.45) is 0. The van der Waals surface area contributed by atoms with Crippen molar-refractivity contribution in [2.24, 2.45) is 0 Å². The van der Waals surface area contributed by atoms with Gasteiger partial charge in [0.15, 0.2) is 0 Å². The molecule has 0 heterocycles. The Hall–Kier alpha value is -1.84. The molecular formula is C15H21NO3. The van der Waals surface area contributed by atoms with Crippen molar-refractivity contribution in [3.63, 3.8) is 0 Å². The standard InChI is InChI=1S/C15H21NO3/c1-10(2)16(11(3)4)14(17)12-6-8-13(9-7-12)15(18)19-5/h6-11H,1-5H3. The summed E-state index contributed by atoms with van der Waals surface area (Å²) in [4.78, 5) is 25.5. The number of hydrogen-bond donors (Lipinski definition) is 0. The third-order valence-electron chi connectivity index (χ3n) is 2.90. The van der Waals surface area contributed by atoms with Crippen LogP contribution in [0.25, 0.3) is 0 Å². The van der Waals surface area contributed by atoms with Crippen LogP contribution in [0.3, 0.4) is 0 Å². The van der Waals surface area contributed by atoms with E-state index in [1.165, 1.54) is 7.11 Å². The zero-order valence-corrected chi connectivity index (χ0v) is 12.1. The van der Waals surface area contributed by atoms with E-state index >= 15 is 0 Å². The number of benzene rings is 1. The van der Waals surface area contributed by atoms with Gasteiger partial charge in [-0.25, -0.2) is 4.79 Å². The maximum absolute atomic E-state index is 12.4. The molecular weight excluding hydrogens is 242 g/mol. The first-order valence-corrected chi connectivity index (χ1v) is 6.39. The molecule has 1 amide bonds. The van der Waals surface area contributed by atoms with Crippen molar-refractivity contribution >= 4 is 11.9 Å². The fourth-order valence-corrected chi connectivity index (χ4v) is 2.08. The summed E-state index contributed by atoms with van der Waals surface area (Å²) in [5.41, 5.74) is 1.02. The summed E-state index contributed by atoms with van der Waals surface area (Å²) >= 11 is 0. The molecule has 4 heteroatoms. The van der Waals surface area contributed by atoms with E-state index in [2.05, 4.69) is 4.74 Å². The molecule has 0 fully saturated rings. The van der Waals surface area contributed by atoms with Gasteiger partial charge in [-0.3, -0.25) is 4.79 Å². The van der Waals surface area contributed by atoms with Crippen LogP contribution in [0.1, 0.15) is 48.4 Å². The van der Waals surface area contributed by atoms with Crippen LogP contribution in [0.2, 0.25) is 0 Å². The molecule has 0 bridgehead atoms. The fraction of sp³-hybridized carbons (Fsp3) is 0.467. The number of rotatable bonds is 4. The van der Waals surface area contributed by atoms with Crippen LogP contribution < -0.4 is 0 Å². The zero-order chi connectivity index (χ0) is 14.6. The van der Waals surface area contributed by atoms with Crippen molar-refractivity contribution in [3.05, 3.63) is 35.4 Å². The monoisotopic (exact) mass is 263 g/mol. The van der Waals surface area contributed by atoms with Gasteiger partial charge in [-0.2, -0.15) is 0 Å². The van der Waals surface area contributed by atoms with Crippen molar-refractivity contribution in [2.75, 3.05) is 7.11 Å². The smallest absolute Gasteiger partial charge is 0.337 e. The van der Waals surface area contributed by atoms with Gasteiger partial charge in [-0.1, -0.05) is 0 Å². The van der Waals surface area contributed by atoms with Crippen LogP contribution in [0.15, 0.2) is 24.3 Å². The lowest BCUT2D eigenvalue weighted by Crippen LogP contribution is -2.42. The molecule has 0 N–H and O–H groups in total. The predicted molar refractivity (Wildman–Crippen MR) is 74.2 cm³/mol. The predicted octanol–water partition coefficient (Wildman–Crippen LogP) is 2.73. The summed E-state index contributed by atoms with van der Waals surface area (Å²) in [5, 5.41) is 0. The Kier molecular flexibility index (Phi) is 5.10. The van der Waals surface area contributed by atoms with Crippen LogP contribution >= 0.6 is 0 Å². The van der Waals surface area contributed by atoms with Crippen molar-refractivity contribution in [2.45, 2.75) is 39.8 Å². The summed E-state index contributed by atoms with van der Waals surface area (Å²) in [6, 6.07) is 6.80. The average molecular weight is 263 g/mol. The number of esters is 1. The number of carbonyl (C=O) groups excluding carboxylic acids is 2. The van der Waals surface area contributed by atoms with Crippen molar-refractivity contribution in [3.8, 4) is 0 Å². The number of methoxy groups -OCH3 is 1. The Morgan fingerprint density at radius 2 is 1.37 bits per heavy atom. The van der Waals surface area contributed by atoms with Gasteiger partial charge >= 0.3 is 5.97 Å². The maximum atomic E-state index is 12.4. The third kappa shape index (κ3) is 3.56. The van der Waals surface area contributed by atoms with Crippen molar-refractivity contribution < 1.29 is 14.3 Å². The molecule has 0 spiro atoms. The molecule has 0 aromatic heterocycles. The van der Waals surface area contributed by atoms with E-state index in [4.69, 9.17) is 0 Å². The number of carbonyl (C=O) groups is 2. The first kappa shape index (κ1) is 15.2. The Morgan fingerprint density at radius 3 is 1.74 bits per heavy atom. The second kappa shape index (κ2) is 6.36. The van der Waals surface area contributed by atoms with Crippen LogP contribution in [-0.2, 0) is 4.74 Å². The Balaban J connectivity index is 2.97. The summed E-state index contributed by atoms with van der Waals surface area (Å²) < 4.78 is 4.63. The highest BCUT2D eigenvalue weighted by Gasteiger charge is 2.21. The van der Waals surface area contributed by atoms with E-state index < -0.39 is 5.97 Å². The molecule has 0 aliphatic rings. The lowest BCUT2D eigenvalue weighted by Gasteiger charge is -2.30. The number of nitrogens with zero attached hydrogens (tertiary/aromatic N) is 1. The molecule has 1 aromatic rings. The minimum absolute atomic E-state index is 0.0265. The van der Waals surface area contributed by atoms with E-state index in [1.54, 1.807) is 24.3 Å². The molecule has 0 aliphatic carbocycles. The van der Waals surface area contributed by atoms with Crippen LogP contribution in [0, 0.1) is 0 Å². The van der Waals surface area contributed by atoms with Gasteiger partial charge in [0.1, 0.15) is 0 Å². The van der Waals surface area contributed by atoms with Gasteiger partial charge in [0.05, 0.1) is 12.7 Å². The molecule has 19 heavy (non-hydrogen) atoms. The minimum atomic E-state index is -0.399. The molecule has 0 saturated heterocycles. The Labute approximate surface area is 114 Å². The number of amides is 1. The summed E-state index contributed by atoms with van der Waals surface area (Å²) in [5.74, 6) is -0.426. The van der Waals surface area contributed by atoms with Crippen LogP contribution in [0.4, 0.5) is 0 Å². The summed E-state index contributed by atoms with van der Waals surface area (Å²) in [6.45, 7) is 7.95. The van der Waals surface area contributed by atoms with E-state index in [0.29, 0.717) is 11.1 Å². The molecule has 4 nitrogen and oxygen atoms in total. The quantitative estimate of drug-likeness (QED) is 0.785. The highest BCUT2D eigenvalue weighted by atomic mass is 16.5. The molecule has 1 aromatic carbocycles. The SMILES string of the molecule is COC(=O)c1ccc(C(=O)N(C(C)C)C(C)C)cc1. The van der Waals surface area contributed by atoms with Crippen LogP contribution in [0.5, 0.6) is 0 Å². The first-order chi connectivity index (χ1) is 8.88. The van der Waals surface area contributed by atoms with E-state index in [1.807, 2.05) is 32.6 Å². The maximum Gasteiger partial charge on any atom is 0.337 e. The molecule has 0 aliphatic heterocycles. The Morgan fingerprint density at radius 1 is 0.947 bits per heavy atom. The lowest BCUT2D eigenvalue weighted by atomic mass is 10.1. The van der Waals surface area contributed by atoms with Crippen LogP contribution in [-0.4, -0.2) is 36.0 Å². The number of ether oxygens (including phenoxy) is 1. The van der Waals surface area contributed by atoms with Gasteiger partial charge in [-0.15, -0.1) is 0 Å². The largest absolute Gasteiger partial charge is 0.465 e. The molecule has 0 saturated carbocycles. The first-order valence-electron chi connectivity index (χ1n) is 6.39. The molecule has 0 radical (unpaired) electrons. The molecule has 104 valence electrons. The molecule has 1 rings (SSSR count). The fourth-order valence-electron chi connectivity index (χ4n) is 2.08. The zero-order valence-electron chi connectivity index (χ0n) is 12.1. The van der Waals surface area contributed by atoms with Gasteiger partial charge in [-0.05, 0) is 52.0 Å². The average Bonchev–Trinajstić information content (AvgIpc) is 2.37. The van der Waals surface area contributed by atoms with Gasteiger partial charge in [0.2, 0.25) is 0 Å². The second-order valence-electron chi connectivity index (χ2n) is 4.97. The van der Waals surface area contributed by atoms with Gasteiger partial charge < -0.3 is 9.64 Å². The minimum Gasteiger partial charge on any atom is -0.465 e. The number of hydrogen-bond acceptors (Lipinski definition) is 3. The normalized spacial score (nSPS) is 10.7. The molecule has 0 unspecified atom stereocenters. The summed E-state index contributed by atoms with van der Waals surface area (Å²) in [7, 11) is 1.33. The van der Waals surface area contributed by atoms with Gasteiger partial charge in [0, 0.05) is 17.6 Å². The third-order valence-corrected chi connectivity index (χ3v) is 2.90. The topological polar surface area (TPSA) is 46.6 Å². The lowest BCUT2D eigenvalue weighted by molar-refractivity contribution is 0.0596. The van der Waals surface area contributed by atoms with E-state index in [0.717, 1.165) is 0 Å². The highest BCUT2D eigenvalue weighted by molar-refractivity contribution is 5.96. The Bertz CT molecular complexity index is 441. The van der Waals surface area contributed by atoms with E-state index in [9.17, 15) is 9.59 Å². The second-order valence-corrected chi connectivity index (χ2v) is 4.97. The van der Waals surface area contributed by atoms with Crippen molar-refractivity contribution in [1.82, 2.24) is 4.90 Å². The molecule has 0 atom stereocenters. The van der Waals surface area contributed by atoms with Crippen molar-refractivity contribution in [1.29, 1.82) is 0 Å².